The molecule has 0 aliphatic carbocycles. The van der Waals surface area contributed by atoms with E-state index in [-0.39, 0.29) is 5.69 Å². The first-order chi connectivity index (χ1) is 13.7. The number of anilines is 4. The fraction of sp³-hybridized carbons (Fsp3) is 0.300. The summed E-state index contributed by atoms with van der Waals surface area (Å²) in [6.07, 6.45) is 6.78. The molecule has 2 N–H and O–H groups in total. The molecule has 28 heavy (non-hydrogen) atoms. The van der Waals surface area contributed by atoms with E-state index in [0.29, 0.717) is 17.4 Å². The summed E-state index contributed by atoms with van der Waals surface area (Å²) >= 11 is 0. The number of benzene rings is 1. The molecule has 1 aliphatic heterocycles. The number of hydrogen-bond donors (Lipinski definition) is 2. The molecule has 144 valence electrons. The van der Waals surface area contributed by atoms with Crippen molar-refractivity contribution in [2.75, 3.05) is 28.6 Å². The van der Waals surface area contributed by atoms with Gasteiger partial charge in [0.1, 0.15) is 17.3 Å². The molecule has 3 aromatic rings. The maximum atomic E-state index is 12.2. The first-order valence-corrected chi connectivity index (χ1v) is 9.36. The first-order valence-electron chi connectivity index (χ1n) is 9.36. The minimum absolute atomic E-state index is 0.201. The number of hydrogen-bond acceptors (Lipinski definition) is 7. The van der Waals surface area contributed by atoms with E-state index in [2.05, 4.69) is 42.8 Å². The van der Waals surface area contributed by atoms with Crippen LogP contribution in [0.15, 0.2) is 47.2 Å². The average molecular weight is 378 g/mol. The molecule has 0 radical (unpaired) electrons. The van der Waals surface area contributed by atoms with Crippen molar-refractivity contribution in [3.05, 3.63) is 54.2 Å². The molecule has 0 atom stereocenters. The van der Waals surface area contributed by atoms with E-state index in [1.165, 1.54) is 37.3 Å². The highest BCUT2D eigenvalue weighted by atomic mass is 16.5. The van der Waals surface area contributed by atoms with Gasteiger partial charge >= 0.3 is 0 Å². The van der Waals surface area contributed by atoms with Crippen molar-refractivity contribution in [3.63, 3.8) is 0 Å². The molecule has 4 rings (SSSR count). The highest BCUT2D eigenvalue weighted by molar-refractivity contribution is 6.02. The minimum Gasteiger partial charge on any atom is -0.372 e. The van der Waals surface area contributed by atoms with Crippen LogP contribution < -0.4 is 15.5 Å². The molecular weight excluding hydrogens is 356 g/mol. The largest absolute Gasteiger partial charge is 0.372 e. The van der Waals surface area contributed by atoms with Crippen LogP contribution in [-0.2, 0) is 0 Å². The smallest absolute Gasteiger partial charge is 0.277 e. The number of aryl methyl sites for hydroxylation is 1. The second-order valence-corrected chi connectivity index (χ2v) is 6.78. The maximum Gasteiger partial charge on any atom is 0.277 e. The second-order valence-electron chi connectivity index (χ2n) is 6.78. The number of piperidine rings is 1. The number of carbonyl (C=O) groups excluding carboxylic acids is 1. The van der Waals surface area contributed by atoms with Gasteiger partial charge in [-0.1, -0.05) is 5.16 Å². The number of carbonyl (C=O) groups is 1. The van der Waals surface area contributed by atoms with Crippen molar-refractivity contribution in [1.82, 2.24) is 15.1 Å². The lowest BCUT2D eigenvalue weighted by atomic mass is 10.1. The molecule has 1 saturated heterocycles. The van der Waals surface area contributed by atoms with Crippen molar-refractivity contribution in [3.8, 4) is 0 Å². The lowest BCUT2D eigenvalue weighted by Gasteiger charge is -2.28. The molecule has 8 nitrogen and oxygen atoms in total. The summed E-state index contributed by atoms with van der Waals surface area (Å²) in [5, 5.41) is 9.54. The fourth-order valence-corrected chi connectivity index (χ4v) is 3.17. The van der Waals surface area contributed by atoms with Crippen LogP contribution in [-0.4, -0.2) is 34.1 Å². The topological polar surface area (TPSA) is 96.2 Å². The standard InChI is InChI=1S/C20H22N6O2/c1-14-11-18(25-28-14)24-20(27)17-12-22-19(13-21-17)23-15-5-7-16(8-6-15)26-9-3-2-4-10-26/h5-8,11-13H,2-4,9-10H2,1H3,(H,22,23)(H,24,25,27). The molecule has 3 heterocycles. The van der Waals surface area contributed by atoms with Gasteiger partial charge in [0, 0.05) is 30.5 Å². The Morgan fingerprint density at radius 2 is 1.82 bits per heavy atom. The van der Waals surface area contributed by atoms with Crippen LogP contribution in [0.25, 0.3) is 0 Å². The van der Waals surface area contributed by atoms with Gasteiger partial charge in [-0.2, -0.15) is 0 Å². The predicted molar refractivity (Wildman–Crippen MR) is 107 cm³/mol. The van der Waals surface area contributed by atoms with Crippen LogP contribution in [0.4, 0.5) is 23.0 Å². The number of nitrogens with zero attached hydrogens (tertiary/aromatic N) is 4. The molecule has 2 aromatic heterocycles. The van der Waals surface area contributed by atoms with E-state index in [0.717, 1.165) is 18.8 Å². The molecule has 0 spiro atoms. The number of rotatable bonds is 5. The highest BCUT2D eigenvalue weighted by Gasteiger charge is 2.12. The van der Waals surface area contributed by atoms with Crippen molar-refractivity contribution < 1.29 is 9.32 Å². The van der Waals surface area contributed by atoms with Gasteiger partial charge in [0.2, 0.25) is 0 Å². The Balaban J connectivity index is 1.36. The number of amides is 1. The van der Waals surface area contributed by atoms with Crippen LogP contribution in [0.2, 0.25) is 0 Å². The third-order valence-corrected chi connectivity index (χ3v) is 4.61. The van der Waals surface area contributed by atoms with Gasteiger partial charge in [-0.05, 0) is 50.5 Å². The monoisotopic (exact) mass is 378 g/mol. The summed E-state index contributed by atoms with van der Waals surface area (Å²) in [7, 11) is 0. The highest BCUT2D eigenvalue weighted by Crippen LogP contribution is 2.23. The van der Waals surface area contributed by atoms with Crippen LogP contribution in [0.5, 0.6) is 0 Å². The van der Waals surface area contributed by atoms with E-state index in [9.17, 15) is 4.79 Å². The van der Waals surface area contributed by atoms with E-state index >= 15 is 0 Å². The Hall–Kier alpha value is -3.42. The molecule has 1 aromatic carbocycles. The van der Waals surface area contributed by atoms with Crippen molar-refractivity contribution in [2.24, 2.45) is 0 Å². The molecule has 1 amide bonds. The number of nitrogens with one attached hydrogen (secondary N) is 2. The van der Waals surface area contributed by atoms with Gasteiger partial charge in [0.25, 0.3) is 5.91 Å². The first kappa shape index (κ1) is 18.0. The van der Waals surface area contributed by atoms with Gasteiger partial charge in [0.05, 0.1) is 12.4 Å². The quantitative estimate of drug-likeness (QED) is 0.698. The van der Waals surface area contributed by atoms with E-state index in [1.807, 2.05) is 12.1 Å². The van der Waals surface area contributed by atoms with Crippen LogP contribution in [0.3, 0.4) is 0 Å². The van der Waals surface area contributed by atoms with Gasteiger partial charge < -0.3 is 20.1 Å². The summed E-state index contributed by atoms with van der Waals surface area (Å²) in [5.41, 5.74) is 2.36. The molecular formula is C20H22N6O2. The Morgan fingerprint density at radius 1 is 1.04 bits per heavy atom. The SMILES string of the molecule is Cc1cc(NC(=O)c2cnc(Nc3ccc(N4CCCCC4)cc3)cn2)no1. The van der Waals surface area contributed by atoms with Gasteiger partial charge in [0.15, 0.2) is 5.82 Å². The zero-order chi connectivity index (χ0) is 19.3. The normalized spacial score (nSPS) is 14.0. The molecule has 8 heteroatoms. The Bertz CT molecular complexity index is 930. The zero-order valence-corrected chi connectivity index (χ0v) is 15.7. The Morgan fingerprint density at radius 3 is 2.46 bits per heavy atom. The molecule has 0 saturated carbocycles. The van der Waals surface area contributed by atoms with E-state index in [1.54, 1.807) is 13.0 Å². The van der Waals surface area contributed by atoms with Crippen molar-refractivity contribution in [1.29, 1.82) is 0 Å². The predicted octanol–water partition coefficient (Wildman–Crippen LogP) is 3.76. The molecule has 0 bridgehead atoms. The zero-order valence-electron chi connectivity index (χ0n) is 15.7. The third kappa shape index (κ3) is 4.28. The summed E-state index contributed by atoms with van der Waals surface area (Å²) in [4.78, 5) is 23.0. The number of aromatic nitrogens is 3. The Kier molecular flexibility index (Phi) is 5.18. The summed E-state index contributed by atoms with van der Waals surface area (Å²) in [6.45, 7) is 3.99. The van der Waals surface area contributed by atoms with Gasteiger partial charge in [-0.15, -0.1) is 0 Å². The van der Waals surface area contributed by atoms with E-state index in [4.69, 9.17) is 4.52 Å². The van der Waals surface area contributed by atoms with Gasteiger partial charge in [-0.25, -0.2) is 9.97 Å². The second kappa shape index (κ2) is 8.08. The van der Waals surface area contributed by atoms with E-state index < -0.39 is 5.91 Å². The summed E-state index contributed by atoms with van der Waals surface area (Å²) in [6, 6.07) is 9.92. The third-order valence-electron chi connectivity index (χ3n) is 4.61. The lowest BCUT2D eigenvalue weighted by Crippen LogP contribution is -2.29. The molecule has 1 fully saturated rings. The van der Waals surface area contributed by atoms with Crippen LogP contribution in [0.1, 0.15) is 35.5 Å². The van der Waals surface area contributed by atoms with Crippen molar-refractivity contribution in [2.45, 2.75) is 26.2 Å². The summed E-state index contributed by atoms with van der Waals surface area (Å²) in [5.74, 6) is 1.14. The Labute approximate surface area is 163 Å². The average Bonchev–Trinajstić information content (AvgIpc) is 3.14. The fourth-order valence-electron chi connectivity index (χ4n) is 3.17. The van der Waals surface area contributed by atoms with Gasteiger partial charge in [-0.3, -0.25) is 4.79 Å². The molecule has 1 aliphatic rings. The maximum absolute atomic E-state index is 12.2. The van der Waals surface area contributed by atoms with Crippen LogP contribution >= 0.6 is 0 Å². The van der Waals surface area contributed by atoms with Crippen molar-refractivity contribution >= 4 is 28.9 Å². The minimum atomic E-state index is -0.391. The van der Waals surface area contributed by atoms with Crippen LogP contribution in [0, 0.1) is 6.92 Å². The molecule has 0 unspecified atom stereocenters. The summed E-state index contributed by atoms with van der Waals surface area (Å²) < 4.78 is 4.92. The lowest BCUT2D eigenvalue weighted by molar-refractivity contribution is 0.102.